The minimum atomic E-state index is -3.59. The zero-order valence-corrected chi connectivity index (χ0v) is 10.5. The monoisotopic (exact) mass is 270 g/mol. The minimum absolute atomic E-state index is 0.0220. The van der Waals surface area contributed by atoms with Crippen molar-refractivity contribution in [1.82, 2.24) is 9.62 Å². The molecule has 2 N–H and O–H groups in total. The maximum absolute atomic E-state index is 12.3. The summed E-state index contributed by atoms with van der Waals surface area (Å²) >= 11 is 0. The lowest BCUT2D eigenvalue weighted by Crippen LogP contribution is -2.46. The number of carbonyl (C=O) groups is 1. The van der Waals surface area contributed by atoms with Gasteiger partial charge in [0.2, 0.25) is 10.0 Å². The maximum Gasteiger partial charge on any atom is 0.335 e. The van der Waals surface area contributed by atoms with E-state index < -0.39 is 16.0 Å². The Balaban J connectivity index is 2.34. The van der Waals surface area contributed by atoms with Gasteiger partial charge < -0.3 is 10.4 Å². The third-order valence-corrected chi connectivity index (χ3v) is 4.69. The Bertz CT molecular complexity index is 550. The molecule has 0 atom stereocenters. The summed E-state index contributed by atoms with van der Waals surface area (Å²) in [4.78, 5) is 10.9. The molecule has 0 spiro atoms. The van der Waals surface area contributed by atoms with Gasteiger partial charge in [-0.25, -0.2) is 13.2 Å². The van der Waals surface area contributed by atoms with Gasteiger partial charge in [-0.15, -0.1) is 0 Å². The Morgan fingerprint density at radius 3 is 2.56 bits per heavy atom. The molecule has 6 nitrogen and oxygen atoms in total. The van der Waals surface area contributed by atoms with Crippen LogP contribution in [0.1, 0.15) is 10.4 Å². The van der Waals surface area contributed by atoms with Gasteiger partial charge in [0.25, 0.3) is 0 Å². The van der Waals surface area contributed by atoms with E-state index >= 15 is 0 Å². The van der Waals surface area contributed by atoms with Crippen molar-refractivity contribution >= 4 is 16.0 Å². The zero-order valence-electron chi connectivity index (χ0n) is 9.67. The molecule has 2 rings (SSSR count). The van der Waals surface area contributed by atoms with Crippen LogP contribution in [-0.2, 0) is 10.0 Å². The number of hydrogen-bond acceptors (Lipinski definition) is 4. The number of rotatable bonds is 3. The molecule has 18 heavy (non-hydrogen) atoms. The van der Waals surface area contributed by atoms with Crippen LogP contribution in [0.15, 0.2) is 29.2 Å². The van der Waals surface area contributed by atoms with Crippen LogP contribution in [-0.4, -0.2) is 50.0 Å². The van der Waals surface area contributed by atoms with E-state index in [0.29, 0.717) is 26.2 Å². The lowest BCUT2D eigenvalue weighted by molar-refractivity contribution is 0.0696. The molecule has 0 unspecified atom stereocenters. The SMILES string of the molecule is O=C(O)c1cccc(S(=O)(=O)N2CCNCC2)c1. The van der Waals surface area contributed by atoms with Crippen LogP contribution in [0.25, 0.3) is 0 Å². The second-order valence-corrected chi connectivity index (χ2v) is 5.93. The van der Waals surface area contributed by atoms with Crippen molar-refractivity contribution in [3.05, 3.63) is 29.8 Å². The van der Waals surface area contributed by atoms with Crippen molar-refractivity contribution < 1.29 is 18.3 Å². The second-order valence-electron chi connectivity index (χ2n) is 3.99. The number of benzene rings is 1. The molecule has 0 radical (unpaired) electrons. The Labute approximate surface area is 105 Å². The first-order valence-corrected chi connectivity index (χ1v) is 7.00. The lowest BCUT2D eigenvalue weighted by atomic mass is 10.2. The quantitative estimate of drug-likeness (QED) is 0.806. The standard InChI is InChI=1S/C11H14N2O4S/c14-11(15)9-2-1-3-10(8-9)18(16,17)13-6-4-12-5-7-13/h1-3,8,12H,4-7H2,(H,14,15). The van der Waals surface area contributed by atoms with Crippen LogP contribution in [0.2, 0.25) is 0 Å². The number of nitrogens with zero attached hydrogens (tertiary/aromatic N) is 1. The summed E-state index contributed by atoms with van der Waals surface area (Å²) in [5, 5.41) is 11.9. The largest absolute Gasteiger partial charge is 0.478 e. The molecular formula is C11H14N2O4S. The van der Waals surface area contributed by atoms with Crippen molar-refractivity contribution in [3.63, 3.8) is 0 Å². The number of nitrogens with one attached hydrogen (secondary N) is 1. The fourth-order valence-electron chi connectivity index (χ4n) is 1.82. The Hall–Kier alpha value is -1.44. The molecule has 98 valence electrons. The molecule has 0 aromatic heterocycles. The number of sulfonamides is 1. The number of hydrogen-bond donors (Lipinski definition) is 2. The van der Waals surface area contributed by atoms with Gasteiger partial charge in [0.05, 0.1) is 10.5 Å². The van der Waals surface area contributed by atoms with Crippen LogP contribution in [0, 0.1) is 0 Å². The van der Waals surface area contributed by atoms with Gasteiger partial charge in [0.1, 0.15) is 0 Å². The smallest absolute Gasteiger partial charge is 0.335 e. The average Bonchev–Trinajstić information content (AvgIpc) is 2.40. The molecule has 1 aliphatic heterocycles. The highest BCUT2D eigenvalue weighted by Crippen LogP contribution is 2.17. The van der Waals surface area contributed by atoms with Gasteiger partial charge in [-0.3, -0.25) is 0 Å². The fourth-order valence-corrected chi connectivity index (χ4v) is 3.31. The Morgan fingerprint density at radius 1 is 1.28 bits per heavy atom. The molecule has 1 heterocycles. The van der Waals surface area contributed by atoms with E-state index in [-0.39, 0.29) is 10.5 Å². The Kier molecular flexibility index (Phi) is 3.65. The molecule has 7 heteroatoms. The molecule has 1 aromatic rings. The summed E-state index contributed by atoms with van der Waals surface area (Å²) in [6, 6.07) is 5.43. The minimum Gasteiger partial charge on any atom is -0.478 e. The summed E-state index contributed by atoms with van der Waals surface area (Å²) in [6.07, 6.45) is 0. The topological polar surface area (TPSA) is 86.7 Å². The summed E-state index contributed by atoms with van der Waals surface area (Å²) in [6.45, 7) is 2.02. The predicted molar refractivity (Wildman–Crippen MR) is 65.0 cm³/mol. The molecule has 1 aromatic carbocycles. The third kappa shape index (κ3) is 2.53. The van der Waals surface area contributed by atoms with Crippen molar-refractivity contribution in [2.24, 2.45) is 0 Å². The van der Waals surface area contributed by atoms with E-state index in [2.05, 4.69) is 5.32 Å². The van der Waals surface area contributed by atoms with Crippen molar-refractivity contribution in [3.8, 4) is 0 Å². The first kappa shape index (κ1) is 13.0. The van der Waals surface area contributed by atoms with Crippen molar-refractivity contribution in [2.45, 2.75) is 4.90 Å². The van der Waals surface area contributed by atoms with E-state index in [4.69, 9.17) is 5.11 Å². The highest BCUT2D eigenvalue weighted by molar-refractivity contribution is 7.89. The average molecular weight is 270 g/mol. The molecule has 0 amide bonds. The summed E-state index contributed by atoms with van der Waals surface area (Å²) in [7, 11) is -3.59. The number of carboxylic acids is 1. The molecule has 1 aliphatic rings. The molecule has 0 saturated carbocycles. The first-order chi connectivity index (χ1) is 8.51. The van der Waals surface area contributed by atoms with E-state index in [0.717, 1.165) is 0 Å². The van der Waals surface area contributed by atoms with E-state index in [9.17, 15) is 13.2 Å². The number of aromatic carboxylic acids is 1. The van der Waals surface area contributed by atoms with Crippen LogP contribution < -0.4 is 5.32 Å². The molecular weight excluding hydrogens is 256 g/mol. The normalized spacial score (nSPS) is 17.6. The van der Waals surface area contributed by atoms with E-state index in [1.165, 1.54) is 28.6 Å². The molecule has 0 bridgehead atoms. The third-order valence-electron chi connectivity index (χ3n) is 2.79. The zero-order chi connectivity index (χ0) is 13.2. The highest BCUT2D eigenvalue weighted by Gasteiger charge is 2.26. The van der Waals surface area contributed by atoms with Gasteiger partial charge >= 0.3 is 5.97 Å². The summed E-state index contributed by atoms with van der Waals surface area (Å²) in [5.41, 5.74) is -0.0220. The molecule has 1 saturated heterocycles. The van der Waals surface area contributed by atoms with Crippen molar-refractivity contribution in [2.75, 3.05) is 26.2 Å². The van der Waals surface area contributed by atoms with Gasteiger partial charge in [0, 0.05) is 26.2 Å². The maximum atomic E-state index is 12.3. The Morgan fingerprint density at radius 2 is 1.94 bits per heavy atom. The van der Waals surface area contributed by atoms with Crippen LogP contribution in [0.3, 0.4) is 0 Å². The predicted octanol–water partition coefficient (Wildman–Crippen LogP) is -0.0213. The number of carboxylic acid groups (broad SMARTS) is 1. The first-order valence-electron chi connectivity index (χ1n) is 5.56. The van der Waals surface area contributed by atoms with E-state index in [1.54, 1.807) is 0 Å². The highest BCUT2D eigenvalue weighted by atomic mass is 32.2. The van der Waals surface area contributed by atoms with Gasteiger partial charge in [0.15, 0.2) is 0 Å². The summed E-state index contributed by atoms with van der Waals surface area (Å²) < 4.78 is 25.9. The van der Waals surface area contributed by atoms with Gasteiger partial charge in [-0.05, 0) is 18.2 Å². The van der Waals surface area contributed by atoms with Crippen LogP contribution >= 0.6 is 0 Å². The fraction of sp³-hybridized carbons (Fsp3) is 0.364. The number of piperazine rings is 1. The van der Waals surface area contributed by atoms with Crippen LogP contribution in [0.5, 0.6) is 0 Å². The van der Waals surface area contributed by atoms with Crippen LogP contribution in [0.4, 0.5) is 0 Å². The molecule has 0 aliphatic carbocycles. The van der Waals surface area contributed by atoms with Gasteiger partial charge in [-0.2, -0.15) is 4.31 Å². The lowest BCUT2D eigenvalue weighted by Gasteiger charge is -2.26. The van der Waals surface area contributed by atoms with Crippen molar-refractivity contribution in [1.29, 1.82) is 0 Å². The van der Waals surface area contributed by atoms with E-state index in [1.807, 2.05) is 0 Å². The second kappa shape index (κ2) is 5.05. The summed E-state index contributed by atoms with van der Waals surface area (Å²) in [5.74, 6) is -1.13. The van der Waals surface area contributed by atoms with Gasteiger partial charge in [-0.1, -0.05) is 6.07 Å². The molecule has 1 fully saturated rings.